The summed E-state index contributed by atoms with van der Waals surface area (Å²) >= 11 is 0. The SMILES string of the molecule is CCC(C)c1ccc(C(N)CCC(=O)O)cc1. The third-order valence-electron chi connectivity index (χ3n) is 3.22. The van der Waals surface area contributed by atoms with Crippen LogP contribution in [0.3, 0.4) is 0 Å². The van der Waals surface area contributed by atoms with Gasteiger partial charge in [-0.15, -0.1) is 0 Å². The molecule has 0 aliphatic rings. The Labute approximate surface area is 103 Å². The quantitative estimate of drug-likeness (QED) is 0.796. The molecule has 0 aliphatic carbocycles. The Hall–Kier alpha value is -1.35. The first-order chi connectivity index (χ1) is 8.04. The lowest BCUT2D eigenvalue weighted by atomic mass is 9.95. The average Bonchev–Trinajstić information content (AvgIpc) is 2.35. The number of aliphatic carboxylic acids is 1. The molecule has 3 nitrogen and oxygen atoms in total. The van der Waals surface area contributed by atoms with E-state index in [2.05, 4.69) is 26.0 Å². The van der Waals surface area contributed by atoms with Gasteiger partial charge in [-0.1, -0.05) is 38.1 Å². The van der Waals surface area contributed by atoms with Crippen LogP contribution in [0.1, 0.15) is 56.2 Å². The minimum atomic E-state index is -0.795. The second-order valence-electron chi connectivity index (χ2n) is 4.51. The van der Waals surface area contributed by atoms with Crippen LogP contribution in [-0.4, -0.2) is 11.1 Å². The highest BCUT2D eigenvalue weighted by Gasteiger charge is 2.09. The van der Waals surface area contributed by atoms with Crippen molar-refractivity contribution in [2.45, 2.75) is 45.1 Å². The zero-order valence-corrected chi connectivity index (χ0v) is 10.5. The maximum Gasteiger partial charge on any atom is 0.303 e. The van der Waals surface area contributed by atoms with Crippen LogP contribution in [0, 0.1) is 0 Å². The van der Waals surface area contributed by atoms with Crippen LogP contribution >= 0.6 is 0 Å². The Morgan fingerprint density at radius 3 is 2.29 bits per heavy atom. The Balaban J connectivity index is 2.63. The van der Waals surface area contributed by atoms with Crippen molar-refractivity contribution < 1.29 is 9.90 Å². The van der Waals surface area contributed by atoms with Crippen molar-refractivity contribution in [1.29, 1.82) is 0 Å². The zero-order valence-electron chi connectivity index (χ0n) is 10.5. The van der Waals surface area contributed by atoms with Crippen LogP contribution in [0.5, 0.6) is 0 Å². The molecule has 2 unspecified atom stereocenters. The summed E-state index contributed by atoms with van der Waals surface area (Å²) in [7, 11) is 0. The highest BCUT2D eigenvalue weighted by Crippen LogP contribution is 2.22. The minimum absolute atomic E-state index is 0.119. The molecule has 0 amide bonds. The van der Waals surface area contributed by atoms with Crippen molar-refractivity contribution in [1.82, 2.24) is 0 Å². The number of carboxylic acid groups (broad SMARTS) is 1. The van der Waals surface area contributed by atoms with E-state index in [-0.39, 0.29) is 12.5 Å². The van der Waals surface area contributed by atoms with Gasteiger partial charge in [0, 0.05) is 12.5 Å². The highest BCUT2D eigenvalue weighted by molar-refractivity contribution is 5.66. The molecule has 0 saturated carbocycles. The molecule has 3 heteroatoms. The molecular weight excluding hydrogens is 214 g/mol. The van der Waals surface area contributed by atoms with Gasteiger partial charge in [0.05, 0.1) is 0 Å². The van der Waals surface area contributed by atoms with Crippen LogP contribution in [0.4, 0.5) is 0 Å². The van der Waals surface area contributed by atoms with Crippen molar-refractivity contribution in [2.24, 2.45) is 5.73 Å². The average molecular weight is 235 g/mol. The molecule has 1 aromatic rings. The molecular formula is C14H21NO2. The van der Waals surface area contributed by atoms with Crippen molar-refractivity contribution in [3.63, 3.8) is 0 Å². The monoisotopic (exact) mass is 235 g/mol. The number of carboxylic acids is 1. The summed E-state index contributed by atoms with van der Waals surface area (Å²) in [6, 6.07) is 8.01. The Morgan fingerprint density at radius 2 is 1.82 bits per heavy atom. The van der Waals surface area contributed by atoms with Gasteiger partial charge in [0.1, 0.15) is 0 Å². The third kappa shape index (κ3) is 4.19. The summed E-state index contributed by atoms with van der Waals surface area (Å²) in [5.41, 5.74) is 8.26. The Bertz CT molecular complexity index is 359. The van der Waals surface area contributed by atoms with Gasteiger partial charge >= 0.3 is 5.97 Å². The van der Waals surface area contributed by atoms with Crippen molar-refractivity contribution >= 4 is 5.97 Å². The fourth-order valence-corrected chi connectivity index (χ4v) is 1.75. The number of benzene rings is 1. The van der Waals surface area contributed by atoms with Gasteiger partial charge in [-0.05, 0) is 29.9 Å². The highest BCUT2D eigenvalue weighted by atomic mass is 16.4. The van der Waals surface area contributed by atoms with Crippen molar-refractivity contribution in [3.05, 3.63) is 35.4 Å². The van der Waals surface area contributed by atoms with E-state index in [0.29, 0.717) is 12.3 Å². The molecule has 0 spiro atoms. The first-order valence-corrected chi connectivity index (χ1v) is 6.11. The van der Waals surface area contributed by atoms with E-state index >= 15 is 0 Å². The summed E-state index contributed by atoms with van der Waals surface area (Å²) in [6.07, 6.45) is 1.72. The van der Waals surface area contributed by atoms with E-state index in [0.717, 1.165) is 12.0 Å². The van der Waals surface area contributed by atoms with Gasteiger partial charge in [-0.25, -0.2) is 0 Å². The Morgan fingerprint density at radius 1 is 1.29 bits per heavy atom. The number of hydrogen-bond donors (Lipinski definition) is 2. The summed E-state index contributed by atoms with van der Waals surface area (Å²) in [4.78, 5) is 10.5. The molecule has 0 aromatic heterocycles. The summed E-state index contributed by atoms with van der Waals surface area (Å²) in [5, 5.41) is 8.60. The van der Waals surface area contributed by atoms with E-state index in [4.69, 9.17) is 10.8 Å². The topological polar surface area (TPSA) is 63.3 Å². The third-order valence-corrected chi connectivity index (χ3v) is 3.22. The Kier molecular flexibility index (Phi) is 5.16. The maximum absolute atomic E-state index is 10.5. The van der Waals surface area contributed by atoms with Crippen LogP contribution in [0.2, 0.25) is 0 Å². The van der Waals surface area contributed by atoms with Crippen molar-refractivity contribution in [2.75, 3.05) is 0 Å². The van der Waals surface area contributed by atoms with Gasteiger partial charge in [0.15, 0.2) is 0 Å². The van der Waals surface area contributed by atoms with Crippen LogP contribution in [0.15, 0.2) is 24.3 Å². The number of carbonyl (C=O) groups is 1. The second-order valence-corrected chi connectivity index (χ2v) is 4.51. The zero-order chi connectivity index (χ0) is 12.8. The molecule has 94 valence electrons. The van der Waals surface area contributed by atoms with Crippen LogP contribution in [-0.2, 0) is 4.79 Å². The fourth-order valence-electron chi connectivity index (χ4n) is 1.75. The van der Waals surface area contributed by atoms with E-state index in [9.17, 15) is 4.79 Å². The molecule has 2 atom stereocenters. The van der Waals surface area contributed by atoms with Crippen molar-refractivity contribution in [3.8, 4) is 0 Å². The lowest BCUT2D eigenvalue weighted by Gasteiger charge is -2.13. The predicted octanol–water partition coefficient (Wildman–Crippen LogP) is 3.06. The minimum Gasteiger partial charge on any atom is -0.481 e. The van der Waals surface area contributed by atoms with Gasteiger partial charge in [-0.2, -0.15) is 0 Å². The fraction of sp³-hybridized carbons (Fsp3) is 0.500. The van der Waals surface area contributed by atoms with E-state index in [1.807, 2.05) is 12.1 Å². The molecule has 1 rings (SSSR count). The standard InChI is InChI=1S/C14H21NO2/c1-3-10(2)11-4-6-12(7-5-11)13(15)8-9-14(16)17/h4-7,10,13H,3,8-9,15H2,1-2H3,(H,16,17). The molecule has 0 radical (unpaired) electrons. The molecule has 0 fully saturated rings. The molecule has 1 aromatic carbocycles. The number of rotatable bonds is 6. The largest absolute Gasteiger partial charge is 0.481 e. The first-order valence-electron chi connectivity index (χ1n) is 6.11. The maximum atomic E-state index is 10.5. The second kappa shape index (κ2) is 6.40. The van der Waals surface area contributed by atoms with Gasteiger partial charge in [0.2, 0.25) is 0 Å². The molecule has 0 heterocycles. The summed E-state index contributed by atoms with van der Waals surface area (Å²) < 4.78 is 0. The first kappa shape index (κ1) is 13.7. The molecule has 3 N–H and O–H groups in total. The predicted molar refractivity (Wildman–Crippen MR) is 68.9 cm³/mol. The van der Waals surface area contributed by atoms with Crippen LogP contribution < -0.4 is 5.73 Å². The summed E-state index contributed by atoms with van der Waals surface area (Å²) in [5.74, 6) is -0.240. The van der Waals surface area contributed by atoms with Gasteiger partial charge < -0.3 is 10.8 Å². The summed E-state index contributed by atoms with van der Waals surface area (Å²) in [6.45, 7) is 4.36. The van der Waals surface area contributed by atoms with E-state index in [1.54, 1.807) is 0 Å². The van der Waals surface area contributed by atoms with E-state index in [1.165, 1.54) is 5.56 Å². The molecule has 0 bridgehead atoms. The van der Waals surface area contributed by atoms with Gasteiger partial charge in [-0.3, -0.25) is 4.79 Å². The normalized spacial score (nSPS) is 14.3. The lowest BCUT2D eigenvalue weighted by molar-refractivity contribution is -0.137. The number of nitrogens with two attached hydrogens (primary N) is 1. The van der Waals surface area contributed by atoms with Gasteiger partial charge in [0.25, 0.3) is 0 Å². The molecule has 17 heavy (non-hydrogen) atoms. The molecule has 0 saturated heterocycles. The lowest BCUT2D eigenvalue weighted by Crippen LogP contribution is -2.12. The van der Waals surface area contributed by atoms with E-state index < -0.39 is 5.97 Å². The smallest absolute Gasteiger partial charge is 0.303 e. The number of hydrogen-bond acceptors (Lipinski definition) is 2. The van der Waals surface area contributed by atoms with Crippen LogP contribution in [0.25, 0.3) is 0 Å². The molecule has 0 aliphatic heterocycles.